The van der Waals surface area contributed by atoms with Crippen LogP contribution in [0.2, 0.25) is 0 Å². The number of allylic oxidation sites excluding steroid dienone is 1. The van der Waals surface area contributed by atoms with Crippen molar-refractivity contribution in [1.82, 2.24) is 10.2 Å². The van der Waals surface area contributed by atoms with Crippen molar-refractivity contribution in [2.75, 3.05) is 32.7 Å². The topological polar surface area (TPSA) is 79.9 Å². The summed E-state index contributed by atoms with van der Waals surface area (Å²) in [4.78, 5) is 26.7. The van der Waals surface area contributed by atoms with Gasteiger partial charge in [0.25, 0.3) is 0 Å². The van der Waals surface area contributed by atoms with Crippen molar-refractivity contribution in [3.63, 3.8) is 0 Å². The fourth-order valence-corrected chi connectivity index (χ4v) is 3.28. The molecule has 1 aromatic rings. The van der Waals surface area contributed by atoms with Gasteiger partial charge in [-0.05, 0) is 42.8 Å². The van der Waals surface area contributed by atoms with Gasteiger partial charge in [0.05, 0.1) is 18.2 Å². The second kappa shape index (κ2) is 10.4. The van der Waals surface area contributed by atoms with Gasteiger partial charge in [0, 0.05) is 32.0 Å². The fourth-order valence-electron chi connectivity index (χ4n) is 3.02. The van der Waals surface area contributed by atoms with Crippen LogP contribution in [0.5, 0.6) is 0 Å². The number of carbonyl (C=O) groups excluding carboxylic acids is 2. The SMILES string of the molecule is COCCOC(=O)C1=C(C)N(C)C(=S)NC1c1cccc(NC(=O)CC(C)C)c1. The molecule has 1 amide bonds. The van der Waals surface area contributed by atoms with Crippen molar-refractivity contribution in [2.24, 2.45) is 5.92 Å². The van der Waals surface area contributed by atoms with Crippen LogP contribution in [0.15, 0.2) is 35.5 Å². The smallest absolute Gasteiger partial charge is 0.338 e. The number of amides is 1. The Morgan fingerprint density at radius 3 is 2.69 bits per heavy atom. The van der Waals surface area contributed by atoms with Crippen molar-refractivity contribution in [3.05, 3.63) is 41.1 Å². The van der Waals surface area contributed by atoms with Gasteiger partial charge >= 0.3 is 5.97 Å². The summed E-state index contributed by atoms with van der Waals surface area (Å²) in [5, 5.41) is 6.62. The van der Waals surface area contributed by atoms with Gasteiger partial charge in [-0.1, -0.05) is 26.0 Å². The number of carbonyl (C=O) groups is 2. The molecule has 158 valence electrons. The highest BCUT2D eigenvalue weighted by Crippen LogP contribution is 2.32. The maximum Gasteiger partial charge on any atom is 0.338 e. The van der Waals surface area contributed by atoms with E-state index in [4.69, 9.17) is 21.7 Å². The normalized spacial score (nSPS) is 16.7. The van der Waals surface area contributed by atoms with Gasteiger partial charge < -0.3 is 25.0 Å². The Morgan fingerprint density at radius 2 is 2.03 bits per heavy atom. The maximum atomic E-state index is 12.8. The molecular weight excluding hydrogens is 390 g/mol. The molecule has 29 heavy (non-hydrogen) atoms. The first-order valence-corrected chi connectivity index (χ1v) is 9.96. The van der Waals surface area contributed by atoms with Crippen molar-refractivity contribution < 1.29 is 19.1 Å². The second-order valence-corrected chi connectivity index (χ2v) is 7.73. The third kappa shape index (κ3) is 6.01. The van der Waals surface area contributed by atoms with Crippen LogP contribution in [0.1, 0.15) is 38.8 Å². The van der Waals surface area contributed by atoms with Crippen molar-refractivity contribution in [2.45, 2.75) is 33.2 Å². The Bertz CT molecular complexity index is 807. The molecule has 0 saturated heterocycles. The summed E-state index contributed by atoms with van der Waals surface area (Å²) in [6.45, 7) is 6.31. The molecule has 0 radical (unpaired) electrons. The predicted octanol–water partition coefficient (Wildman–Crippen LogP) is 3.00. The minimum atomic E-state index is -0.476. The number of nitrogens with zero attached hydrogens (tertiary/aromatic N) is 1. The van der Waals surface area contributed by atoms with Crippen LogP contribution in [0.25, 0.3) is 0 Å². The van der Waals surface area contributed by atoms with Crippen molar-refractivity contribution in [3.8, 4) is 0 Å². The van der Waals surface area contributed by atoms with Gasteiger partial charge in [0.1, 0.15) is 6.61 Å². The van der Waals surface area contributed by atoms with E-state index < -0.39 is 12.0 Å². The maximum absolute atomic E-state index is 12.8. The third-order valence-corrected chi connectivity index (χ3v) is 4.98. The van der Waals surface area contributed by atoms with Crippen LogP contribution in [0.4, 0.5) is 5.69 Å². The minimum absolute atomic E-state index is 0.0464. The summed E-state index contributed by atoms with van der Waals surface area (Å²) in [7, 11) is 3.35. The molecule has 1 aliphatic rings. The number of benzene rings is 1. The summed E-state index contributed by atoms with van der Waals surface area (Å²) >= 11 is 5.42. The molecule has 7 nitrogen and oxygen atoms in total. The van der Waals surface area contributed by atoms with E-state index in [1.807, 2.05) is 45.0 Å². The van der Waals surface area contributed by atoms with Gasteiger partial charge in [-0.3, -0.25) is 4.79 Å². The number of esters is 1. The monoisotopic (exact) mass is 419 g/mol. The third-order valence-electron chi connectivity index (χ3n) is 4.59. The number of hydrogen-bond acceptors (Lipinski definition) is 5. The average molecular weight is 420 g/mol. The van der Waals surface area contributed by atoms with E-state index in [-0.39, 0.29) is 18.4 Å². The highest BCUT2D eigenvalue weighted by molar-refractivity contribution is 7.80. The lowest BCUT2D eigenvalue weighted by atomic mass is 9.94. The molecule has 0 spiro atoms. The molecule has 0 fully saturated rings. The summed E-state index contributed by atoms with van der Waals surface area (Å²) in [5.74, 6) is -0.208. The van der Waals surface area contributed by atoms with Crippen LogP contribution in [0, 0.1) is 5.92 Å². The predicted molar refractivity (Wildman–Crippen MR) is 116 cm³/mol. The summed E-state index contributed by atoms with van der Waals surface area (Å²) < 4.78 is 10.3. The number of nitrogens with one attached hydrogen (secondary N) is 2. The number of ether oxygens (including phenoxy) is 2. The molecule has 8 heteroatoms. The Hall–Kier alpha value is -2.45. The lowest BCUT2D eigenvalue weighted by Gasteiger charge is -2.35. The van der Waals surface area contributed by atoms with Crippen molar-refractivity contribution >= 4 is 34.9 Å². The zero-order chi connectivity index (χ0) is 21.6. The molecular formula is C21H29N3O4S. The van der Waals surface area contributed by atoms with E-state index in [0.717, 1.165) is 11.3 Å². The number of methoxy groups -OCH3 is 1. The Morgan fingerprint density at radius 1 is 1.31 bits per heavy atom. The van der Waals surface area contributed by atoms with Crippen molar-refractivity contribution in [1.29, 1.82) is 0 Å². The molecule has 1 aromatic carbocycles. The highest BCUT2D eigenvalue weighted by atomic mass is 32.1. The van der Waals surface area contributed by atoms with Crippen LogP contribution >= 0.6 is 12.2 Å². The molecule has 1 atom stereocenters. The number of rotatable bonds is 8. The standard InChI is InChI=1S/C21H29N3O4S/c1-13(2)11-17(25)22-16-8-6-7-15(12-16)19-18(20(26)28-10-9-27-5)14(3)24(4)21(29)23-19/h6-8,12-13,19H,9-11H2,1-5H3,(H,22,25)(H,23,29). The van der Waals surface area contributed by atoms with E-state index in [0.29, 0.717) is 29.4 Å². The summed E-state index contributed by atoms with van der Waals surface area (Å²) in [6, 6.07) is 6.92. The van der Waals surface area contributed by atoms with Gasteiger partial charge in [-0.2, -0.15) is 0 Å². The summed E-state index contributed by atoms with van der Waals surface area (Å²) in [5.41, 5.74) is 2.67. The molecule has 1 aliphatic heterocycles. The van der Waals surface area contributed by atoms with Gasteiger partial charge in [0.15, 0.2) is 5.11 Å². The van der Waals surface area contributed by atoms with E-state index in [1.165, 1.54) is 0 Å². The number of anilines is 1. The quantitative estimate of drug-likeness (QED) is 0.381. The van der Waals surface area contributed by atoms with Gasteiger partial charge in [0.2, 0.25) is 5.91 Å². The molecule has 0 saturated carbocycles. The van der Waals surface area contributed by atoms with Gasteiger partial charge in [-0.15, -0.1) is 0 Å². The number of hydrogen-bond donors (Lipinski definition) is 2. The van der Waals surface area contributed by atoms with E-state index in [1.54, 1.807) is 19.1 Å². The summed E-state index contributed by atoms with van der Waals surface area (Å²) in [6.07, 6.45) is 0.441. The Labute approximate surface area is 177 Å². The molecule has 1 heterocycles. The number of thiocarbonyl (C=S) groups is 1. The first-order chi connectivity index (χ1) is 13.7. The second-order valence-electron chi connectivity index (χ2n) is 7.34. The van der Waals surface area contributed by atoms with E-state index in [9.17, 15) is 9.59 Å². The fraction of sp³-hybridized carbons (Fsp3) is 0.476. The van der Waals surface area contributed by atoms with E-state index >= 15 is 0 Å². The lowest BCUT2D eigenvalue weighted by Crippen LogP contribution is -2.46. The molecule has 0 aliphatic carbocycles. The molecule has 2 N–H and O–H groups in total. The van der Waals surface area contributed by atoms with Gasteiger partial charge in [-0.25, -0.2) is 4.79 Å². The average Bonchev–Trinajstić information content (AvgIpc) is 2.65. The van der Waals surface area contributed by atoms with Crippen LogP contribution < -0.4 is 10.6 Å². The first kappa shape index (κ1) is 22.8. The van der Waals surface area contributed by atoms with Crippen LogP contribution in [-0.2, 0) is 19.1 Å². The largest absolute Gasteiger partial charge is 0.460 e. The Kier molecular flexibility index (Phi) is 8.16. The van der Waals surface area contributed by atoms with Crippen LogP contribution in [-0.4, -0.2) is 49.3 Å². The molecule has 2 rings (SSSR count). The lowest BCUT2D eigenvalue weighted by molar-refractivity contribution is -0.140. The Balaban J connectivity index is 2.32. The zero-order valence-corrected chi connectivity index (χ0v) is 18.4. The first-order valence-electron chi connectivity index (χ1n) is 9.55. The highest BCUT2D eigenvalue weighted by Gasteiger charge is 2.33. The minimum Gasteiger partial charge on any atom is -0.460 e. The molecule has 0 bridgehead atoms. The molecule has 0 aromatic heterocycles. The van der Waals surface area contributed by atoms with E-state index in [2.05, 4.69) is 10.6 Å². The molecule has 1 unspecified atom stereocenters. The zero-order valence-electron chi connectivity index (χ0n) is 17.6. The van der Waals surface area contributed by atoms with Crippen LogP contribution in [0.3, 0.4) is 0 Å².